The minimum atomic E-state index is -1.14. The number of hydrogen-bond donors (Lipinski definition) is 5. The number of hydrogen-bond acceptors (Lipinski definition) is 7. The van der Waals surface area contributed by atoms with Crippen LogP contribution in [0.4, 0.5) is 0 Å². The maximum Gasteiger partial charge on any atom is 0.320 e. The molecule has 352 valence electrons. The first-order chi connectivity index (χ1) is 31.1. The van der Waals surface area contributed by atoms with Crippen LogP contribution in [-0.4, -0.2) is 57.5 Å². The van der Waals surface area contributed by atoms with Gasteiger partial charge >= 0.3 is 11.9 Å². The number of aliphatic hydroxyl groups excluding tert-OH is 1. The van der Waals surface area contributed by atoms with Gasteiger partial charge in [-0.25, -0.2) is 0 Å². The lowest BCUT2D eigenvalue weighted by molar-refractivity contribution is -0.143. The van der Waals surface area contributed by atoms with Crippen molar-refractivity contribution in [2.75, 3.05) is 13.7 Å². The zero-order valence-electron chi connectivity index (χ0n) is 40.9. The molecule has 5 N–H and O–H groups in total. The molecule has 0 aromatic carbocycles. The average Bonchev–Trinajstić information content (AvgIpc) is 4.02. The second kappa shape index (κ2) is 21.8. The molecule has 5 heterocycles. The zero-order chi connectivity index (χ0) is 47.1. The highest BCUT2D eigenvalue weighted by atomic mass is 16.5. The molecule has 6 rings (SSSR count). The summed E-state index contributed by atoms with van der Waals surface area (Å²) in [6, 6.07) is -0.473. The number of nitrogens with one attached hydrogen (secondary N) is 4. The Labute approximate surface area is 386 Å². The predicted octanol–water partition coefficient (Wildman–Crippen LogP) is 8.87. The Kier molecular flexibility index (Phi) is 16.5. The van der Waals surface area contributed by atoms with E-state index in [2.05, 4.69) is 74.5 Å². The Morgan fingerprint density at radius 2 is 1.55 bits per heavy atom. The SMILES string of the molecule is C=Cc1c2[nH]c(c1C)/C=C1\NC(C3=c4[nH]/c(c(C)c4C(=O)[C@@H]3C(=O)OC)=C\c3[nH]c(/c(=C\O)c3CC)=C\2)[C@@H](CCC(=O)OC/C=C(/C)CCC[C@@H](C)CCC[C@H](C)CCCC(C)C)[C@@H]1C. The summed E-state index contributed by atoms with van der Waals surface area (Å²) in [5.74, 6) is -0.281. The van der Waals surface area contributed by atoms with E-state index in [1.807, 2.05) is 45.1 Å². The Balaban J connectivity index is 1.22. The number of carbonyl (C=O) groups excluding carboxylic acids is 3. The van der Waals surface area contributed by atoms with Crippen LogP contribution in [0.1, 0.15) is 169 Å². The number of methoxy groups -OCH3 is 1. The molecule has 0 spiro atoms. The van der Waals surface area contributed by atoms with E-state index in [0.29, 0.717) is 40.5 Å². The highest BCUT2D eigenvalue weighted by Gasteiger charge is 2.49. The lowest BCUT2D eigenvalue weighted by Crippen LogP contribution is -2.38. The maximum atomic E-state index is 14.4. The molecule has 10 heteroatoms. The summed E-state index contributed by atoms with van der Waals surface area (Å²) in [7, 11) is 1.31. The van der Waals surface area contributed by atoms with E-state index in [-0.39, 0.29) is 36.6 Å². The van der Waals surface area contributed by atoms with Crippen LogP contribution in [0, 0.1) is 49.4 Å². The summed E-state index contributed by atoms with van der Waals surface area (Å²) in [6.45, 7) is 24.0. The zero-order valence-corrected chi connectivity index (χ0v) is 40.9. The van der Waals surface area contributed by atoms with Gasteiger partial charge in [0.2, 0.25) is 0 Å². The Morgan fingerprint density at radius 3 is 2.20 bits per heavy atom. The van der Waals surface area contributed by atoms with Gasteiger partial charge in [0.05, 0.1) is 30.1 Å². The van der Waals surface area contributed by atoms with Crippen molar-refractivity contribution in [3.05, 3.63) is 90.1 Å². The van der Waals surface area contributed by atoms with Crippen LogP contribution in [0.2, 0.25) is 0 Å². The van der Waals surface area contributed by atoms with Gasteiger partial charge in [0, 0.05) is 56.8 Å². The van der Waals surface area contributed by atoms with Crippen LogP contribution >= 0.6 is 0 Å². The van der Waals surface area contributed by atoms with E-state index in [1.54, 1.807) is 0 Å². The number of allylic oxidation sites excluding steroid dienone is 2. The molecule has 65 heavy (non-hydrogen) atoms. The highest BCUT2D eigenvalue weighted by molar-refractivity contribution is 6.19. The van der Waals surface area contributed by atoms with E-state index in [0.717, 1.165) is 86.7 Å². The van der Waals surface area contributed by atoms with E-state index in [9.17, 15) is 19.5 Å². The third kappa shape index (κ3) is 10.9. The minimum Gasteiger partial charge on any atom is -0.515 e. The molecular formula is C55H76N4O6. The van der Waals surface area contributed by atoms with Gasteiger partial charge in [0.25, 0.3) is 0 Å². The van der Waals surface area contributed by atoms with Crippen LogP contribution < -0.4 is 26.6 Å². The van der Waals surface area contributed by atoms with E-state index in [1.165, 1.54) is 57.6 Å². The molecule has 3 aliphatic rings. The molecule has 1 saturated heterocycles. The van der Waals surface area contributed by atoms with Crippen molar-refractivity contribution in [3.63, 3.8) is 0 Å². The number of aliphatic hydroxyl groups is 1. The number of aromatic nitrogens is 3. The molecular weight excluding hydrogens is 813 g/mol. The topological polar surface area (TPSA) is 149 Å². The Morgan fingerprint density at radius 1 is 0.877 bits per heavy atom. The third-order valence-electron chi connectivity index (χ3n) is 14.7. The normalized spacial score (nSPS) is 22.2. The van der Waals surface area contributed by atoms with Crippen LogP contribution in [-0.2, 0) is 25.5 Å². The van der Waals surface area contributed by atoms with E-state index < -0.39 is 17.9 Å². The molecule has 10 nitrogen and oxygen atoms in total. The first kappa shape index (κ1) is 49.2. The average molecular weight is 889 g/mol. The molecule has 8 bridgehead atoms. The molecule has 2 aliphatic heterocycles. The third-order valence-corrected chi connectivity index (χ3v) is 14.7. The molecule has 0 amide bonds. The minimum absolute atomic E-state index is 0.0891. The summed E-state index contributed by atoms with van der Waals surface area (Å²) < 4.78 is 11.1. The number of esters is 2. The van der Waals surface area contributed by atoms with Crippen LogP contribution in [0.15, 0.2) is 23.9 Å². The van der Waals surface area contributed by atoms with Gasteiger partial charge in [0.15, 0.2) is 5.78 Å². The molecule has 0 saturated carbocycles. The molecule has 1 unspecified atom stereocenters. The predicted molar refractivity (Wildman–Crippen MR) is 264 cm³/mol. The van der Waals surface area contributed by atoms with Crippen molar-refractivity contribution in [1.29, 1.82) is 0 Å². The number of ketones is 1. The van der Waals surface area contributed by atoms with Gasteiger partial charge in [0.1, 0.15) is 12.5 Å². The van der Waals surface area contributed by atoms with Crippen molar-refractivity contribution in [2.24, 2.45) is 35.5 Å². The largest absolute Gasteiger partial charge is 0.515 e. The molecule has 0 radical (unpaired) electrons. The molecule has 1 aliphatic carbocycles. The maximum absolute atomic E-state index is 14.4. The lowest BCUT2D eigenvalue weighted by atomic mass is 9.80. The second-order valence-electron chi connectivity index (χ2n) is 19.8. The number of aromatic amines is 3. The quantitative estimate of drug-likeness (QED) is 0.0433. The number of fused-ring (bicyclic) bond motifs is 8. The van der Waals surface area contributed by atoms with E-state index in [4.69, 9.17) is 9.47 Å². The van der Waals surface area contributed by atoms with Gasteiger partial charge in [-0.2, -0.15) is 0 Å². The number of H-pyrrole nitrogens is 3. The van der Waals surface area contributed by atoms with Crippen molar-refractivity contribution in [1.82, 2.24) is 20.3 Å². The summed E-state index contributed by atoms with van der Waals surface area (Å²) in [6.07, 6.45) is 23.6. The van der Waals surface area contributed by atoms with Crippen molar-refractivity contribution < 1.29 is 29.0 Å². The fraction of sp³-hybridized carbons (Fsp3) is 0.545. The molecule has 6 atom stereocenters. The monoisotopic (exact) mass is 889 g/mol. The van der Waals surface area contributed by atoms with Crippen LogP contribution in [0.3, 0.4) is 0 Å². The van der Waals surface area contributed by atoms with Crippen molar-refractivity contribution in [3.8, 4) is 0 Å². The van der Waals surface area contributed by atoms with Gasteiger partial charge in [-0.1, -0.05) is 105 Å². The van der Waals surface area contributed by atoms with Crippen molar-refractivity contribution >= 4 is 53.9 Å². The lowest BCUT2D eigenvalue weighted by Gasteiger charge is -2.25. The number of Topliss-reactive ketones (excluding diaryl/α,β-unsaturated/α-hetero) is 1. The van der Waals surface area contributed by atoms with Crippen LogP contribution in [0.25, 0.3) is 36.1 Å². The first-order valence-corrected chi connectivity index (χ1v) is 24.4. The molecule has 3 aromatic rings. The van der Waals surface area contributed by atoms with Gasteiger partial charge in [-0.05, 0) is 117 Å². The van der Waals surface area contributed by atoms with Gasteiger partial charge in [-0.15, -0.1) is 0 Å². The summed E-state index contributed by atoms with van der Waals surface area (Å²) in [4.78, 5) is 52.2. The van der Waals surface area contributed by atoms with Crippen LogP contribution in [0.5, 0.6) is 0 Å². The van der Waals surface area contributed by atoms with Gasteiger partial charge in [-0.3, -0.25) is 14.4 Å². The number of rotatable bonds is 20. The second-order valence-corrected chi connectivity index (χ2v) is 19.8. The Bertz CT molecular complexity index is 2560. The standard InChI is InChI=1S/C55H76N4O6/c1-12-38-35(8)42-27-43-36(9)40(23-24-48(61)65-26-25-34(7)22-16-21-33(6)20-15-19-32(5)18-14-17-31(3)4)52(58-43)50-51(55(63)64-11)54(62)49-37(10)44(59-53(49)50)28-46-39(13-2)41(30-60)47(57-46)29-45(38)56-42/h12,25,27-33,36,40,51-52,56-60H,1,13-24,26H2,2-11H3/b34-25-,41-30-,43-27-,44-28-,47-29-/t32-,33+,36+,40+,51-,52?/m1/s1. The fourth-order valence-corrected chi connectivity index (χ4v) is 10.7. The molecule has 1 fully saturated rings. The first-order valence-electron chi connectivity index (χ1n) is 24.4. The summed E-state index contributed by atoms with van der Waals surface area (Å²) in [5.41, 5.74) is 9.32. The Hall–Kier alpha value is -5.25. The summed E-state index contributed by atoms with van der Waals surface area (Å²) in [5, 5.41) is 17.0. The number of ether oxygens (including phenoxy) is 2. The fourth-order valence-electron chi connectivity index (χ4n) is 10.7. The smallest absolute Gasteiger partial charge is 0.320 e. The summed E-state index contributed by atoms with van der Waals surface area (Å²) >= 11 is 0. The number of carbonyl (C=O) groups is 3. The molecule has 3 aromatic heterocycles. The van der Waals surface area contributed by atoms with Crippen molar-refractivity contribution in [2.45, 2.75) is 145 Å². The van der Waals surface area contributed by atoms with Gasteiger partial charge < -0.3 is 34.8 Å². The van der Waals surface area contributed by atoms with E-state index >= 15 is 0 Å². The highest BCUT2D eigenvalue weighted by Crippen LogP contribution is 2.42.